The number of nitrogens with zero attached hydrogens (tertiary/aromatic N) is 2. The van der Waals surface area contributed by atoms with E-state index < -0.39 is 0 Å². The van der Waals surface area contributed by atoms with Gasteiger partial charge in [-0.2, -0.15) is 5.10 Å². The Morgan fingerprint density at radius 2 is 2.21 bits per heavy atom. The molecule has 2 aromatic rings. The van der Waals surface area contributed by atoms with Crippen LogP contribution in [0.1, 0.15) is 30.6 Å². The van der Waals surface area contributed by atoms with Gasteiger partial charge >= 0.3 is 0 Å². The highest BCUT2D eigenvalue weighted by Crippen LogP contribution is 2.24. The highest BCUT2D eigenvalue weighted by molar-refractivity contribution is 5.34. The van der Waals surface area contributed by atoms with Crippen LogP contribution in [-0.4, -0.2) is 23.4 Å². The standard InChI is InChI=1S/C15H21N3O/c1-4-10-19-13-7-5-6-12(11-13)15(16-2)14-8-9-17-18(14)3/h5-9,11,15-16H,4,10H2,1-3H3. The zero-order valence-electron chi connectivity index (χ0n) is 11.8. The molecular weight excluding hydrogens is 238 g/mol. The zero-order chi connectivity index (χ0) is 13.7. The predicted octanol–water partition coefficient (Wildman–Crippen LogP) is 2.52. The highest BCUT2D eigenvalue weighted by Gasteiger charge is 2.15. The summed E-state index contributed by atoms with van der Waals surface area (Å²) in [6, 6.07) is 10.4. The second-order valence-electron chi connectivity index (χ2n) is 4.52. The van der Waals surface area contributed by atoms with Crippen LogP contribution < -0.4 is 10.1 Å². The molecule has 0 bridgehead atoms. The lowest BCUT2D eigenvalue weighted by atomic mass is 10.0. The third-order valence-electron chi connectivity index (χ3n) is 3.11. The van der Waals surface area contributed by atoms with E-state index in [2.05, 4.69) is 29.5 Å². The van der Waals surface area contributed by atoms with Gasteiger partial charge in [-0.15, -0.1) is 0 Å². The Labute approximate surface area is 114 Å². The lowest BCUT2D eigenvalue weighted by Crippen LogP contribution is -2.20. The van der Waals surface area contributed by atoms with Crippen molar-refractivity contribution >= 4 is 0 Å². The SMILES string of the molecule is CCCOc1cccc(C(NC)c2ccnn2C)c1. The number of benzene rings is 1. The molecule has 2 rings (SSSR count). The third-order valence-corrected chi connectivity index (χ3v) is 3.11. The van der Waals surface area contributed by atoms with Gasteiger partial charge in [0.25, 0.3) is 0 Å². The second-order valence-corrected chi connectivity index (χ2v) is 4.52. The van der Waals surface area contributed by atoms with Gasteiger partial charge in [-0.3, -0.25) is 4.68 Å². The minimum atomic E-state index is 0.123. The first kappa shape index (κ1) is 13.6. The van der Waals surface area contributed by atoms with Crippen molar-refractivity contribution in [3.8, 4) is 5.75 Å². The minimum Gasteiger partial charge on any atom is -0.494 e. The van der Waals surface area contributed by atoms with Crippen LogP contribution in [0.3, 0.4) is 0 Å². The lowest BCUT2D eigenvalue weighted by Gasteiger charge is -2.18. The van der Waals surface area contributed by atoms with Crippen molar-refractivity contribution in [1.29, 1.82) is 0 Å². The molecule has 1 aromatic heterocycles. The van der Waals surface area contributed by atoms with E-state index in [-0.39, 0.29) is 6.04 Å². The van der Waals surface area contributed by atoms with Crippen molar-refractivity contribution in [2.45, 2.75) is 19.4 Å². The van der Waals surface area contributed by atoms with E-state index in [0.717, 1.165) is 24.5 Å². The summed E-state index contributed by atoms with van der Waals surface area (Å²) >= 11 is 0. The molecule has 1 heterocycles. The second kappa shape index (κ2) is 6.38. The van der Waals surface area contributed by atoms with Crippen molar-refractivity contribution in [3.05, 3.63) is 47.8 Å². The fourth-order valence-corrected chi connectivity index (χ4v) is 2.16. The number of hydrogen-bond acceptors (Lipinski definition) is 3. The monoisotopic (exact) mass is 259 g/mol. The van der Waals surface area contributed by atoms with E-state index in [1.54, 1.807) is 0 Å². The smallest absolute Gasteiger partial charge is 0.119 e. The summed E-state index contributed by atoms with van der Waals surface area (Å²) in [6.07, 6.45) is 2.83. The molecule has 0 saturated carbocycles. The van der Waals surface area contributed by atoms with E-state index in [9.17, 15) is 0 Å². The first-order chi connectivity index (χ1) is 9.26. The molecule has 4 nitrogen and oxygen atoms in total. The molecule has 0 fully saturated rings. The third kappa shape index (κ3) is 3.15. The molecule has 1 N–H and O–H groups in total. The molecular formula is C15H21N3O. The molecule has 102 valence electrons. The first-order valence-corrected chi connectivity index (χ1v) is 6.64. The molecule has 0 radical (unpaired) electrons. The molecule has 0 spiro atoms. The maximum atomic E-state index is 5.69. The topological polar surface area (TPSA) is 39.1 Å². The Balaban J connectivity index is 2.26. The number of hydrogen-bond donors (Lipinski definition) is 1. The van der Waals surface area contributed by atoms with Crippen LogP contribution in [0, 0.1) is 0 Å². The maximum Gasteiger partial charge on any atom is 0.119 e. The van der Waals surface area contributed by atoms with E-state index in [1.807, 2.05) is 43.2 Å². The summed E-state index contributed by atoms with van der Waals surface area (Å²) in [5.41, 5.74) is 2.31. The fraction of sp³-hybridized carbons (Fsp3) is 0.400. The molecule has 1 unspecified atom stereocenters. The Hall–Kier alpha value is -1.81. The fourth-order valence-electron chi connectivity index (χ4n) is 2.16. The van der Waals surface area contributed by atoms with Crippen molar-refractivity contribution < 1.29 is 4.74 Å². The van der Waals surface area contributed by atoms with Crippen LogP contribution in [0.25, 0.3) is 0 Å². The molecule has 1 aromatic carbocycles. The van der Waals surface area contributed by atoms with Crippen molar-refractivity contribution in [2.75, 3.05) is 13.7 Å². The summed E-state index contributed by atoms with van der Waals surface area (Å²) in [4.78, 5) is 0. The normalized spacial score (nSPS) is 12.4. The van der Waals surface area contributed by atoms with E-state index in [4.69, 9.17) is 4.74 Å². The van der Waals surface area contributed by atoms with Gasteiger partial charge < -0.3 is 10.1 Å². The van der Waals surface area contributed by atoms with E-state index >= 15 is 0 Å². The number of ether oxygens (including phenoxy) is 1. The largest absolute Gasteiger partial charge is 0.494 e. The number of aromatic nitrogens is 2. The quantitative estimate of drug-likeness (QED) is 0.866. The summed E-state index contributed by atoms with van der Waals surface area (Å²) < 4.78 is 7.58. The maximum absolute atomic E-state index is 5.69. The number of aryl methyl sites for hydroxylation is 1. The van der Waals surface area contributed by atoms with Crippen molar-refractivity contribution in [2.24, 2.45) is 7.05 Å². The van der Waals surface area contributed by atoms with Gasteiger partial charge in [0.1, 0.15) is 5.75 Å². The van der Waals surface area contributed by atoms with Crippen molar-refractivity contribution in [1.82, 2.24) is 15.1 Å². The summed E-state index contributed by atoms with van der Waals surface area (Å²) in [5.74, 6) is 0.918. The lowest BCUT2D eigenvalue weighted by molar-refractivity contribution is 0.317. The van der Waals surface area contributed by atoms with Crippen LogP contribution in [0.4, 0.5) is 0 Å². The van der Waals surface area contributed by atoms with Crippen LogP contribution >= 0.6 is 0 Å². The van der Waals surface area contributed by atoms with Gasteiger partial charge in [-0.05, 0) is 37.2 Å². The minimum absolute atomic E-state index is 0.123. The van der Waals surface area contributed by atoms with Gasteiger partial charge in [0.05, 0.1) is 18.3 Å². The molecule has 1 atom stereocenters. The Morgan fingerprint density at radius 1 is 1.37 bits per heavy atom. The number of rotatable bonds is 6. The molecule has 19 heavy (non-hydrogen) atoms. The molecule has 0 aliphatic carbocycles. The summed E-state index contributed by atoms with van der Waals surface area (Å²) in [5, 5.41) is 7.56. The zero-order valence-corrected chi connectivity index (χ0v) is 11.8. The first-order valence-electron chi connectivity index (χ1n) is 6.64. The number of nitrogens with one attached hydrogen (secondary N) is 1. The average Bonchev–Trinajstić information content (AvgIpc) is 2.84. The highest BCUT2D eigenvalue weighted by atomic mass is 16.5. The summed E-state index contributed by atoms with van der Waals surface area (Å²) in [6.45, 7) is 2.86. The molecule has 4 heteroatoms. The van der Waals surface area contributed by atoms with Gasteiger partial charge in [0, 0.05) is 13.2 Å². The summed E-state index contributed by atoms with van der Waals surface area (Å²) in [7, 11) is 3.91. The molecule has 0 saturated heterocycles. The van der Waals surface area contributed by atoms with E-state index in [1.165, 1.54) is 5.56 Å². The van der Waals surface area contributed by atoms with Gasteiger partial charge in [-0.1, -0.05) is 19.1 Å². The predicted molar refractivity (Wildman–Crippen MR) is 76.3 cm³/mol. The van der Waals surface area contributed by atoms with Crippen LogP contribution in [0.5, 0.6) is 5.75 Å². The van der Waals surface area contributed by atoms with Crippen LogP contribution in [0.15, 0.2) is 36.5 Å². The van der Waals surface area contributed by atoms with Crippen molar-refractivity contribution in [3.63, 3.8) is 0 Å². The van der Waals surface area contributed by atoms with Crippen LogP contribution in [0.2, 0.25) is 0 Å². The van der Waals surface area contributed by atoms with Crippen LogP contribution in [-0.2, 0) is 7.05 Å². The Morgan fingerprint density at radius 3 is 2.84 bits per heavy atom. The average molecular weight is 259 g/mol. The molecule has 0 aliphatic rings. The van der Waals surface area contributed by atoms with Gasteiger partial charge in [0.2, 0.25) is 0 Å². The Bertz CT molecular complexity index is 522. The van der Waals surface area contributed by atoms with E-state index in [0.29, 0.717) is 0 Å². The van der Waals surface area contributed by atoms with Gasteiger partial charge in [0.15, 0.2) is 0 Å². The molecule has 0 aliphatic heterocycles. The Kier molecular flexibility index (Phi) is 4.58. The molecule has 0 amide bonds. The van der Waals surface area contributed by atoms with Gasteiger partial charge in [-0.25, -0.2) is 0 Å².